The number of hydrogen-bond acceptors (Lipinski definition) is 4. The molecule has 7 heteroatoms. The molecule has 0 saturated carbocycles. The molecule has 0 spiro atoms. The number of ether oxygens (including phenoxy) is 1. The van der Waals surface area contributed by atoms with Crippen LogP contribution in [0.25, 0.3) is 0 Å². The number of carbonyl (C=O) groups excluding carboxylic acids is 1. The van der Waals surface area contributed by atoms with Gasteiger partial charge in [-0.3, -0.25) is 9.78 Å². The van der Waals surface area contributed by atoms with E-state index in [0.717, 1.165) is 6.20 Å². The maximum Gasteiger partial charge on any atom is 0.310 e. The molecule has 0 radical (unpaired) electrons. The average Bonchev–Trinajstić information content (AvgIpc) is 2.23. The number of aromatic nitrogens is 1. The van der Waals surface area contributed by atoms with Crippen molar-refractivity contribution in [3.8, 4) is 0 Å². The highest BCUT2D eigenvalue weighted by Gasteiger charge is 2.20. The summed E-state index contributed by atoms with van der Waals surface area (Å²) in [6, 6.07) is 0. The van der Waals surface area contributed by atoms with Gasteiger partial charge in [0.15, 0.2) is 0 Å². The molecule has 4 nitrogen and oxygen atoms in total. The van der Waals surface area contributed by atoms with Crippen LogP contribution in [0.4, 0.5) is 14.5 Å². The lowest BCUT2D eigenvalue weighted by Crippen LogP contribution is -2.10. The number of alkyl halides is 2. The Kier molecular flexibility index (Phi) is 4.00. The average molecular weight is 251 g/mol. The van der Waals surface area contributed by atoms with Crippen molar-refractivity contribution >= 4 is 23.3 Å². The molecule has 0 bridgehead atoms. The smallest absolute Gasteiger partial charge is 0.310 e. The van der Waals surface area contributed by atoms with Crippen molar-refractivity contribution in [3.05, 3.63) is 22.5 Å². The van der Waals surface area contributed by atoms with Gasteiger partial charge in [-0.15, -0.1) is 0 Å². The van der Waals surface area contributed by atoms with Crippen molar-refractivity contribution < 1.29 is 18.3 Å². The molecule has 2 N–H and O–H groups in total. The lowest BCUT2D eigenvalue weighted by atomic mass is 10.1. The van der Waals surface area contributed by atoms with Gasteiger partial charge in [-0.25, -0.2) is 8.78 Å². The summed E-state index contributed by atoms with van der Waals surface area (Å²) < 4.78 is 29.3. The minimum absolute atomic E-state index is 0.0623. The second-order valence-corrected chi connectivity index (χ2v) is 3.34. The summed E-state index contributed by atoms with van der Waals surface area (Å²) in [7, 11) is 1.18. The molecule has 0 amide bonds. The molecule has 1 heterocycles. The normalized spacial score (nSPS) is 10.6. The van der Waals surface area contributed by atoms with E-state index in [2.05, 4.69) is 9.72 Å². The van der Waals surface area contributed by atoms with E-state index >= 15 is 0 Å². The molecule has 0 saturated heterocycles. The molecule has 0 atom stereocenters. The van der Waals surface area contributed by atoms with Gasteiger partial charge in [0.25, 0.3) is 6.43 Å². The van der Waals surface area contributed by atoms with Crippen molar-refractivity contribution in [1.82, 2.24) is 4.98 Å². The molecule has 1 aromatic rings. The van der Waals surface area contributed by atoms with E-state index in [0.29, 0.717) is 0 Å². The van der Waals surface area contributed by atoms with Gasteiger partial charge in [0.2, 0.25) is 0 Å². The van der Waals surface area contributed by atoms with Crippen LogP contribution in [0.2, 0.25) is 5.02 Å². The van der Waals surface area contributed by atoms with Crippen molar-refractivity contribution in [1.29, 1.82) is 0 Å². The van der Waals surface area contributed by atoms with Gasteiger partial charge in [-0.05, 0) is 0 Å². The number of halogens is 3. The number of carbonyl (C=O) groups is 1. The first-order chi connectivity index (χ1) is 7.47. The molecule has 0 aromatic carbocycles. The summed E-state index contributed by atoms with van der Waals surface area (Å²) in [5.74, 6) is -0.611. The Morgan fingerprint density at radius 2 is 2.31 bits per heavy atom. The maximum atomic E-state index is 12.5. The summed E-state index contributed by atoms with van der Waals surface area (Å²) in [5.41, 5.74) is 4.71. The number of anilines is 1. The molecule has 0 aliphatic heterocycles. The third-order valence-corrected chi connectivity index (χ3v) is 2.29. The Morgan fingerprint density at radius 1 is 1.69 bits per heavy atom. The van der Waals surface area contributed by atoms with Gasteiger partial charge >= 0.3 is 5.97 Å². The number of rotatable bonds is 3. The fourth-order valence-corrected chi connectivity index (χ4v) is 1.34. The SMILES string of the molecule is COC(=O)Cc1c(Cl)cnc(C(F)F)c1N. The highest BCUT2D eigenvalue weighted by atomic mass is 35.5. The number of methoxy groups -OCH3 is 1. The first-order valence-electron chi connectivity index (χ1n) is 4.25. The third kappa shape index (κ3) is 2.57. The minimum Gasteiger partial charge on any atom is -0.469 e. The number of nitrogens with zero attached hydrogens (tertiary/aromatic N) is 1. The van der Waals surface area contributed by atoms with Crippen LogP contribution in [-0.4, -0.2) is 18.1 Å². The summed E-state index contributed by atoms with van der Waals surface area (Å²) in [4.78, 5) is 14.4. The van der Waals surface area contributed by atoms with Crippen LogP contribution in [0, 0.1) is 0 Å². The minimum atomic E-state index is -2.81. The van der Waals surface area contributed by atoms with Crippen molar-refractivity contribution in [2.45, 2.75) is 12.8 Å². The number of esters is 1. The van der Waals surface area contributed by atoms with E-state index < -0.39 is 18.1 Å². The van der Waals surface area contributed by atoms with E-state index in [4.69, 9.17) is 17.3 Å². The van der Waals surface area contributed by atoms with Gasteiger partial charge in [0.1, 0.15) is 5.69 Å². The van der Waals surface area contributed by atoms with E-state index in [1.165, 1.54) is 7.11 Å². The Bertz CT molecular complexity index is 413. The lowest BCUT2D eigenvalue weighted by Gasteiger charge is -2.10. The molecular weight excluding hydrogens is 242 g/mol. The zero-order valence-corrected chi connectivity index (χ0v) is 9.09. The monoisotopic (exact) mass is 250 g/mol. The molecular formula is C9H9ClF2N2O2. The highest BCUT2D eigenvalue weighted by molar-refractivity contribution is 6.31. The molecule has 1 aromatic heterocycles. The van der Waals surface area contributed by atoms with Gasteiger partial charge in [0, 0.05) is 11.8 Å². The van der Waals surface area contributed by atoms with E-state index in [1.54, 1.807) is 0 Å². The van der Waals surface area contributed by atoms with E-state index in [1.807, 2.05) is 0 Å². The zero-order chi connectivity index (χ0) is 12.3. The summed E-state index contributed by atoms with van der Waals surface area (Å²) in [6.07, 6.45) is -2.03. The van der Waals surface area contributed by atoms with Crippen LogP contribution in [0.5, 0.6) is 0 Å². The second kappa shape index (κ2) is 5.07. The molecule has 0 fully saturated rings. The summed E-state index contributed by atoms with van der Waals surface area (Å²) in [6.45, 7) is 0. The molecule has 0 aliphatic carbocycles. The van der Waals surface area contributed by atoms with Crippen LogP contribution in [0.15, 0.2) is 6.20 Å². The molecule has 16 heavy (non-hydrogen) atoms. The molecule has 0 aliphatic rings. The Morgan fingerprint density at radius 3 is 2.81 bits per heavy atom. The fraction of sp³-hybridized carbons (Fsp3) is 0.333. The quantitative estimate of drug-likeness (QED) is 0.833. The van der Waals surface area contributed by atoms with Crippen molar-refractivity contribution in [2.75, 3.05) is 12.8 Å². The lowest BCUT2D eigenvalue weighted by molar-refractivity contribution is -0.139. The first kappa shape index (κ1) is 12.6. The number of nitrogens with two attached hydrogens (primary N) is 1. The van der Waals surface area contributed by atoms with E-state index in [-0.39, 0.29) is 22.7 Å². The Labute approximate surface area is 95.4 Å². The standard InChI is InChI=1S/C9H9ClF2N2O2/c1-16-6(15)2-4-5(10)3-14-8(7(4)13)9(11)12/h3,9H,2,13H2,1H3. The predicted octanol–water partition coefficient (Wildman–Crippen LogP) is 1.97. The largest absolute Gasteiger partial charge is 0.469 e. The molecule has 88 valence electrons. The van der Waals surface area contributed by atoms with Crippen LogP contribution in [0.1, 0.15) is 17.7 Å². The fourth-order valence-electron chi connectivity index (χ4n) is 1.13. The van der Waals surface area contributed by atoms with Crippen LogP contribution < -0.4 is 5.73 Å². The van der Waals surface area contributed by atoms with Gasteiger partial charge in [0.05, 0.1) is 24.2 Å². The maximum absolute atomic E-state index is 12.5. The van der Waals surface area contributed by atoms with Crippen LogP contribution >= 0.6 is 11.6 Å². The van der Waals surface area contributed by atoms with Crippen molar-refractivity contribution in [2.24, 2.45) is 0 Å². The Balaban J connectivity index is 3.16. The van der Waals surface area contributed by atoms with E-state index in [9.17, 15) is 13.6 Å². The number of pyridine rings is 1. The van der Waals surface area contributed by atoms with Gasteiger partial charge in [-0.2, -0.15) is 0 Å². The van der Waals surface area contributed by atoms with Crippen molar-refractivity contribution in [3.63, 3.8) is 0 Å². The second-order valence-electron chi connectivity index (χ2n) is 2.94. The van der Waals surface area contributed by atoms with Crippen LogP contribution in [0.3, 0.4) is 0 Å². The summed E-state index contributed by atoms with van der Waals surface area (Å²) >= 11 is 5.71. The predicted molar refractivity (Wildman–Crippen MR) is 54.3 cm³/mol. The summed E-state index contributed by atoms with van der Waals surface area (Å²) in [5, 5.41) is 0.0623. The van der Waals surface area contributed by atoms with Gasteiger partial charge in [-0.1, -0.05) is 11.6 Å². The number of nitrogen functional groups attached to an aromatic ring is 1. The highest BCUT2D eigenvalue weighted by Crippen LogP contribution is 2.30. The van der Waals surface area contributed by atoms with Crippen LogP contribution in [-0.2, 0) is 16.0 Å². The molecule has 0 unspecified atom stereocenters. The van der Waals surface area contributed by atoms with Gasteiger partial charge < -0.3 is 10.5 Å². The third-order valence-electron chi connectivity index (χ3n) is 1.96. The zero-order valence-electron chi connectivity index (χ0n) is 8.34. The molecule has 1 rings (SSSR count). The first-order valence-corrected chi connectivity index (χ1v) is 4.62. The topological polar surface area (TPSA) is 65.2 Å². The Hall–Kier alpha value is -1.43. The number of hydrogen-bond donors (Lipinski definition) is 1.